The molecule has 3 nitrogen and oxygen atoms in total. The zero-order valence-corrected chi connectivity index (χ0v) is 13.7. The lowest BCUT2D eigenvalue weighted by Gasteiger charge is -2.17. The largest absolute Gasteiger partial charge is 0.326 e. The Hall–Kier alpha value is -1.98. The van der Waals surface area contributed by atoms with Crippen molar-refractivity contribution >= 4 is 34.3 Å². The zero-order chi connectivity index (χ0) is 15.1. The van der Waals surface area contributed by atoms with Crippen LogP contribution < -0.4 is 5.32 Å². The number of anilines is 1. The van der Waals surface area contributed by atoms with E-state index in [1.807, 2.05) is 12.1 Å². The number of rotatable bonds is 2. The van der Waals surface area contributed by atoms with Gasteiger partial charge < -0.3 is 5.32 Å². The molecule has 1 amide bonds. The summed E-state index contributed by atoms with van der Waals surface area (Å²) in [5.41, 5.74) is 5.53. The summed E-state index contributed by atoms with van der Waals surface area (Å²) in [6.45, 7) is 2.12. The van der Waals surface area contributed by atoms with E-state index in [2.05, 4.69) is 35.1 Å². The molecule has 0 bridgehead atoms. The fraction of sp³-hybridized carbons (Fsp3) is 0.176. The first kappa shape index (κ1) is 13.7. The van der Waals surface area contributed by atoms with Crippen LogP contribution in [0.1, 0.15) is 17.5 Å². The van der Waals surface area contributed by atoms with Crippen molar-refractivity contribution in [3.8, 4) is 21.1 Å². The van der Waals surface area contributed by atoms with Crippen molar-refractivity contribution in [1.29, 1.82) is 0 Å². The number of nitrogens with one attached hydrogen (secondary N) is 1. The van der Waals surface area contributed by atoms with Crippen molar-refractivity contribution in [3.05, 3.63) is 46.2 Å². The van der Waals surface area contributed by atoms with Crippen LogP contribution in [-0.4, -0.2) is 10.9 Å². The predicted octanol–water partition coefficient (Wildman–Crippen LogP) is 4.73. The molecule has 1 aromatic carbocycles. The Labute approximate surface area is 136 Å². The Morgan fingerprint density at radius 2 is 2.09 bits per heavy atom. The second-order valence-electron chi connectivity index (χ2n) is 5.39. The standard InChI is InChI=1S/C17H14N2OS2/c1-10-6-7-21-16(10)17-19-14(9-22-17)12-2-4-13-11(8-12)3-5-15(20)18-13/h2,4,6-9H,3,5H2,1H3,(H,18,20). The minimum atomic E-state index is 0.101. The fourth-order valence-electron chi connectivity index (χ4n) is 2.65. The molecule has 0 aliphatic carbocycles. The third-order valence-electron chi connectivity index (χ3n) is 3.86. The summed E-state index contributed by atoms with van der Waals surface area (Å²) in [5.74, 6) is 0.101. The average Bonchev–Trinajstić information content (AvgIpc) is 3.15. The van der Waals surface area contributed by atoms with Gasteiger partial charge in [-0.25, -0.2) is 4.98 Å². The number of thiophene rings is 1. The second-order valence-corrected chi connectivity index (χ2v) is 7.16. The Kier molecular flexibility index (Phi) is 3.32. The summed E-state index contributed by atoms with van der Waals surface area (Å²) in [7, 11) is 0. The zero-order valence-electron chi connectivity index (χ0n) is 12.1. The van der Waals surface area contributed by atoms with E-state index in [0.29, 0.717) is 6.42 Å². The van der Waals surface area contributed by atoms with E-state index in [0.717, 1.165) is 28.4 Å². The third kappa shape index (κ3) is 2.36. The monoisotopic (exact) mass is 326 g/mol. The summed E-state index contributed by atoms with van der Waals surface area (Å²) in [6.07, 6.45) is 1.36. The number of aryl methyl sites for hydroxylation is 2. The molecule has 3 aromatic rings. The van der Waals surface area contributed by atoms with Gasteiger partial charge in [-0.1, -0.05) is 6.07 Å². The van der Waals surface area contributed by atoms with Crippen molar-refractivity contribution < 1.29 is 4.79 Å². The molecule has 1 N–H and O–H groups in total. The maximum atomic E-state index is 11.4. The SMILES string of the molecule is Cc1ccsc1-c1nc(-c2ccc3c(c2)CCC(=O)N3)cs1. The van der Waals surface area contributed by atoms with Gasteiger partial charge in [0.1, 0.15) is 5.01 Å². The molecule has 2 aromatic heterocycles. The molecule has 1 aliphatic rings. The number of carbonyl (C=O) groups is 1. The maximum Gasteiger partial charge on any atom is 0.224 e. The number of fused-ring (bicyclic) bond motifs is 1. The van der Waals surface area contributed by atoms with Gasteiger partial charge in [0.15, 0.2) is 0 Å². The molecule has 0 saturated heterocycles. The minimum absolute atomic E-state index is 0.101. The number of aromatic nitrogens is 1. The fourth-order valence-corrected chi connectivity index (χ4v) is 4.57. The summed E-state index contributed by atoms with van der Waals surface area (Å²) in [4.78, 5) is 17.5. The summed E-state index contributed by atoms with van der Waals surface area (Å²) < 4.78 is 0. The second kappa shape index (κ2) is 5.34. The molecule has 5 heteroatoms. The molecule has 0 fully saturated rings. The van der Waals surface area contributed by atoms with Gasteiger partial charge in [-0.2, -0.15) is 0 Å². The molecule has 0 spiro atoms. The Morgan fingerprint density at radius 1 is 1.18 bits per heavy atom. The lowest BCUT2D eigenvalue weighted by atomic mass is 9.99. The summed E-state index contributed by atoms with van der Waals surface area (Å²) in [6, 6.07) is 8.29. The van der Waals surface area contributed by atoms with Crippen LogP contribution in [0.4, 0.5) is 5.69 Å². The number of thiazole rings is 1. The first-order chi connectivity index (χ1) is 10.7. The summed E-state index contributed by atoms with van der Waals surface area (Å²) >= 11 is 3.42. The van der Waals surface area contributed by atoms with E-state index >= 15 is 0 Å². The molecule has 0 saturated carbocycles. The van der Waals surface area contributed by atoms with E-state index < -0.39 is 0 Å². The van der Waals surface area contributed by atoms with Gasteiger partial charge in [-0.3, -0.25) is 4.79 Å². The van der Waals surface area contributed by atoms with Gasteiger partial charge in [0, 0.05) is 23.1 Å². The van der Waals surface area contributed by atoms with Crippen LogP contribution in [0.3, 0.4) is 0 Å². The number of carbonyl (C=O) groups excluding carboxylic acids is 1. The van der Waals surface area contributed by atoms with Gasteiger partial charge >= 0.3 is 0 Å². The van der Waals surface area contributed by atoms with Gasteiger partial charge in [-0.05, 0) is 48.1 Å². The van der Waals surface area contributed by atoms with E-state index in [1.165, 1.54) is 16.0 Å². The van der Waals surface area contributed by atoms with Crippen molar-refractivity contribution in [3.63, 3.8) is 0 Å². The van der Waals surface area contributed by atoms with Crippen molar-refractivity contribution in [2.75, 3.05) is 5.32 Å². The topological polar surface area (TPSA) is 42.0 Å². The normalized spacial score (nSPS) is 13.8. The quantitative estimate of drug-likeness (QED) is 0.739. The van der Waals surface area contributed by atoms with Crippen molar-refractivity contribution in [1.82, 2.24) is 4.98 Å². The highest BCUT2D eigenvalue weighted by molar-refractivity contribution is 7.20. The van der Waals surface area contributed by atoms with Gasteiger partial charge in [0.25, 0.3) is 0 Å². The van der Waals surface area contributed by atoms with Crippen LogP contribution in [0.2, 0.25) is 0 Å². The first-order valence-electron chi connectivity index (χ1n) is 7.14. The summed E-state index contributed by atoms with van der Waals surface area (Å²) in [5, 5.41) is 8.21. The highest BCUT2D eigenvalue weighted by atomic mass is 32.1. The number of nitrogens with zero attached hydrogens (tertiary/aromatic N) is 1. The molecule has 0 radical (unpaired) electrons. The maximum absolute atomic E-state index is 11.4. The highest BCUT2D eigenvalue weighted by Gasteiger charge is 2.16. The smallest absolute Gasteiger partial charge is 0.224 e. The number of amides is 1. The number of benzene rings is 1. The minimum Gasteiger partial charge on any atom is -0.326 e. The van der Waals surface area contributed by atoms with Gasteiger partial charge in [-0.15, -0.1) is 22.7 Å². The predicted molar refractivity (Wildman–Crippen MR) is 92.6 cm³/mol. The van der Waals surface area contributed by atoms with Crippen molar-refractivity contribution in [2.45, 2.75) is 19.8 Å². The average molecular weight is 326 g/mol. The van der Waals surface area contributed by atoms with Crippen molar-refractivity contribution in [2.24, 2.45) is 0 Å². The van der Waals surface area contributed by atoms with E-state index in [-0.39, 0.29) is 5.91 Å². The Bertz CT molecular complexity index is 863. The lowest BCUT2D eigenvalue weighted by Crippen LogP contribution is -2.18. The molecular formula is C17H14N2OS2. The molecule has 4 rings (SSSR count). The van der Waals surface area contributed by atoms with Gasteiger partial charge in [0.2, 0.25) is 5.91 Å². The van der Waals surface area contributed by atoms with E-state index in [1.54, 1.807) is 22.7 Å². The van der Waals surface area contributed by atoms with Crippen LogP contribution in [0.15, 0.2) is 35.0 Å². The molecule has 3 heterocycles. The lowest BCUT2D eigenvalue weighted by molar-refractivity contribution is -0.116. The molecule has 110 valence electrons. The van der Waals surface area contributed by atoms with Crippen LogP contribution in [0.5, 0.6) is 0 Å². The van der Waals surface area contributed by atoms with Crippen LogP contribution >= 0.6 is 22.7 Å². The van der Waals surface area contributed by atoms with E-state index in [4.69, 9.17) is 4.98 Å². The number of hydrogen-bond acceptors (Lipinski definition) is 4. The molecule has 0 atom stereocenters. The number of hydrogen-bond donors (Lipinski definition) is 1. The first-order valence-corrected chi connectivity index (χ1v) is 8.90. The van der Waals surface area contributed by atoms with Crippen LogP contribution in [0, 0.1) is 6.92 Å². The molecule has 0 unspecified atom stereocenters. The Balaban J connectivity index is 1.70. The highest BCUT2D eigenvalue weighted by Crippen LogP contribution is 2.35. The Morgan fingerprint density at radius 3 is 2.91 bits per heavy atom. The molecule has 22 heavy (non-hydrogen) atoms. The molecule has 1 aliphatic heterocycles. The van der Waals surface area contributed by atoms with Crippen LogP contribution in [0.25, 0.3) is 21.1 Å². The van der Waals surface area contributed by atoms with Gasteiger partial charge in [0.05, 0.1) is 10.6 Å². The molecular weight excluding hydrogens is 312 g/mol. The van der Waals surface area contributed by atoms with Crippen LogP contribution in [-0.2, 0) is 11.2 Å². The third-order valence-corrected chi connectivity index (χ3v) is 5.87. The van der Waals surface area contributed by atoms with E-state index in [9.17, 15) is 4.79 Å².